The van der Waals surface area contributed by atoms with E-state index < -0.39 is 23.2 Å². The number of carbonyl (C=O) groups excluding carboxylic acids is 1. The Labute approximate surface area is 145 Å². The Morgan fingerprint density at radius 3 is 2.40 bits per heavy atom. The van der Waals surface area contributed by atoms with Crippen LogP contribution in [0.3, 0.4) is 0 Å². The molecule has 0 aliphatic rings. The predicted octanol–water partition coefficient (Wildman–Crippen LogP) is 5.06. The van der Waals surface area contributed by atoms with E-state index in [0.29, 0.717) is 12.2 Å². The Balaban J connectivity index is 2.11. The molecule has 2 aromatic carbocycles. The molecule has 1 heterocycles. The van der Waals surface area contributed by atoms with Crippen LogP contribution in [0.2, 0.25) is 0 Å². The van der Waals surface area contributed by atoms with Crippen molar-refractivity contribution in [2.75, 3.05) is 5.32 Å². The van der Waals surface area contributed by atoms with Gasteiger partial charge in [0, 0.05) is 17.4 Å². The van der Waals surface area contributed by atoms with Gasteiger partial charge in [-0.1, -0.05) is 19.1 Å². The van der Waals surface area contributed by atoms with Gasteiger partial charge in [-0.25, -0.2) is 8.78 Å². The number of carbonyl (C=O) groups is 1. The normalized spacial score (nSPS) is 11.1. The van der Waals surface area contributed by atoms with Crippen LogP contribution in [-0.4, -0.2) is 10.5 Å². The Bertz CT molecular complexity index is 940. The second-order valence-corrected chi connectivity index (χ2v) is 5.97. The first kappa shape index (κ1) is 17.1. The number of anilines is 1. The molecule has 0 atom stereocenters. The number of nitrogens with one attached hydrogen (secondary N) is 1. The Morgan fingerprint density at radius 1 is 1.12 bits per heavy atom. The molecule has 0 radical (unpaired) electrons. The highest BCUT2D eigenvalue weighted by Crippen LogP contribution is 2.28. The molecule has 0 unspecified atom stereocenters. The average molecular weight is 342 g/mol. The highest BCUT2D eigenvalue weighted by atomic mass is 19.1. The van der Waals surface area contributed by atoms with Gasteiger partial charge in [-0.15, -0.1) is 0 Å². The van der Waals surface area contributed by atoms with Gasteiger partial charge in [0.2, 0.25) is 0 Å². The van der Waals surface area contributed by atoms with Crippen LogP contribution in [0.4, 0.5) is 14.5 Å². The summed E-state index contributed by atoms with van der Waals surface area (Å²) in [6.07, 6.45) is 0.897. The van der Waals surface area contributed by atoms with Crippen LogP contribution < -0.4 is 5.32 Å². The van der Waals surface area contributed by atoms with Crippen molar-refractivity contribution >= 4 is 22.5 Å². The fraction of sp³-hybridized carbons (Fsp3) is 0.250. The van der Waals surface area contributed by atoms with Crippen LogP contribution in [0.15, 0.2) is 36.4 Å². The van der Waals surface area contributed by atoms with Crippen LogP contribution in [0, 0.1) is 18.6 Å². The van der Waals surface area contributed by atoms with E-state index in [1.165, 1.54) is 11.6 Å². The number of rotatable bonds is 4. The second kappa shape index (κ2) is 6.67. The predicted molar refractivity (Wildman–Crippen MR) is 96.0 cm³/mol. The maximum atomic E-state index is 13.9. The van der Waals surface area contributed by atoms with E-state index in [0.717, 1.165) is 35.0 Å². The maximum absolute atomic E-state index is 13.9. The van der Waals surface area contributed by atoms with Crippen LogP contribution in [-0.2, 0) is 13.0 Å². The second-order valence-electron chi connectivity index (χ2n) is 5.97. The van der Waals surface area contributed by atoms with Crippen molar-refractivity contribution in [3.8, 4) is 0 Å². The molecule has 130 valence electrons. The first-order valence-electron chi connectivity index (χ1n) is 8.35. The van der Waals surface area contributed by atoms with Gasteiger partial charge in [0.25, 0.3) is 5.91 Å². The molecular weight excluding hydrogens is 322 g/mol. The lowest BCUT2D eigenvalue weighted by atomic mass is 10.1. The van der Waals surface area contributed by atoms with E-state index in [1.54, 1.807) is 0 Å². The third kappa shape index (κ3) is 2.90. The minimum absolute atomic E-state index is 0.422. The SMILES string of the molecule is CCc1ccc2c(c1)c(C)c(C(=O)Nc1c(F)cccc1F)n2CC. The molecule has 0 aliphatic carbocycles. The topological polar surface area (TPSA) is 34.0 Å². The molecule has 0 bridgehead atoms. The highest BCUT2D eigenvalue weighted by molar-refractivity contribution is 6.08. The molecule has 0 fully saturated rings. The summed E-state index contributed by atoms with van der Waals surface area (Å²) in [6, 6.07) is 9.60. The van der Waals surface area contributed by atoms with E-state index in [4.69, 9.17) is 0 Å². The number of benzene rings is 2. The van der Waals surface area contributed by atoms with Crippen molar-refractivity contribution in [2.24, 2.45) is 0 Å². The quantitative estimate of drug-likeness (QED) is 0.706. The van der Waals surface area contributed by atoms with Gasteiger partial charge in [0.1, 0.15) is 23.0 Å². The Hall–Kier alpha value is -2.69. The van der Waals surface area contributed by atoms with Crippen LogP contribution >= 0.6 is 0 Å². The van der Waals surface area contributed by atoms with Gasteiger partial charge < -0.3 is 9.88 Å². The van der Waals surface area contributed by atoms with Gasteiger partial charge >= 0.3 is 0 Å². The number of fused-ring (bicyclic) bond motifs is 1. The molecule has 1 aromatic heterocycles. The van der Waals surface area contributed by atoms with Gasteiger partial charge in [-0.3, -0.25) is 4.79 Å². The zero-order valence-corrected chi connectivity index (χ0v) is 14.5. The summed E-state index contributed by atoms with van der Waals surface area (Å²) < 4.78 is 29.6. The van der Waals surface area contributed by atoms with Crippen molar-refractivity contribution in [1.29, 1.82) is 0 Å². The molecule has 3 nitrogen and oxygen atoms in total. The van der Waals surface area contributed by atoms with E-state index in [1.807, 2.05) is 30.5 Å². The van der Waals surface area contributed by atoms with Gasteiger partial charge in [-0.05, 0) is 55.7 Å². The minimum atomic E-state index is -0.793. The minimum Gasteiger partial charge on any atom is -0.337 e. The highest BCUT2D eigenvalue weighted by Gasteiger charge is 2.21. The van der Waals surface area contributed by atoms with Gasteiger partial charge in [0.15, 0.2) is 0 Å². The average Bonchev–Trinajstić information content (AvgIpc) is 2.89. The number of para-hydroxylation sites is 1. The van der Waals surface area contributed by atoms with Crippen LogP contribution in [0.25, 0.3) is 10.9 Å². The van der Waals surface area contributed by atoms with E-state index in [-0.39, 0.29) is 0 Å². The first-order valence-corrected chi connectivity index (χ1v) is 8.35. The van der Waals surface area contributed by atoms with E-state index >= 15 is 0 Å². The summed E-state index contributed by atoms with van der Waals surface area (Å²) in [5, 5.41) is 3.38. The van der Waals surface area contributed by atoms with Crippen molar-refractivity contribution in [3.05, 3.63) is 64.9 Å². The summed E-state index contributed by atoms with van der Waals surface area (Å²) in [5.74, 6) is -2.10. The molecule has 0 saturated carbocycles. The number of hydrogen-bond donors (Lipinski definition) is 1. The monoisotopic (exact) mass is 342 g/mol. The van der Waals surface area contributed by atoms with Crippen molar-refractivity contribution in [2.45, 2.75) is 33.7 Å². The molecular formula is C20H20F2N2O. The summed E-state index contributed by atoms with van der Waals surface area (Å²) in [7, 11) is 0. The van der Waals surface area contributed by atoms with Crippen molar-refractivity contribution in [3.63, 3.8) is 0 Å². The summed E-state index contributed by atoms with van der Waals surface area (Å²) in [6.45, 7) is 6.45. The summed E-state index contributed by atoms with van der Waals surface area (Å²) in [5.41, 5.74) is 2.93. The smallest absolute Gasteiger partial charge is 0.272 e. The van der Waals surface area contributed by atoms with Crippen LogP contribution in [0.1, 0.15) is 35.5 Å². The molecule has 1 amide bonds. The zero-order chi connectivity index (χ0) is 18.1. The van der Waals surface area contributed by atoms with E-state index in [9.17, 15) is 13.6 Å². The molecule has 3 aromatic rings. The van der Waals surface area contributed by atoms with E-state index in [2.05, 4.69) is 18.3 Å². The number of halogens is 2. The number of hydrogen-bond acceptors (Lipinski definition) is 1. The number of nitrogens with zero attached hydrogens (tertiary/aromatic N) is 1. The lowest BCUT2D eigenvalue weighted by Crippen LogP contribution is -2.19. The van der Waals surface area contributed by atoms with Crippen molar-refractivity contribution < 1.29 is 13.6 Å². The first-order chi connectivity index (χ1) is 12.0. The molecule has 0 aliphatic heterocycles. The maximum Gasteiger partial charge on any atom is 0.272 e. The van der Waals surface area contributed by atoms with Gasteiger partial charge in [0.05, 0.1) is 0 Å². The zero-order valence-electron chi connectivity index (χ0n) is 14.5. The standard InChI is InChI=1S/C20H20F2N2O/c1-4-13-9-10-17-14(11-13)12(3)19(24(17)5-2)20(25)23-18-15(21)7-6-8-16(18)22/h6-11H,4-5H2,1-3H3,(H,23,25). The number of amides is 1. The fourth-order valence-corrected chi connectivity index (χ4v) is 3.20. The molecule has 0 saturated heterocycles. The molecule has 25 heavy (non-hydrogen) atoms. The Kier molecular flexibility index (Phi) is 4.57. The molecule has 0 spiro atoms. The van der Waals surface area contributed by atoms with Gasteiger partial charge in [-0.2, -0.15) is 0 Å². The van der Waals surface area contributed by atoms with Crippen molar-refractivity contribution in [1.82, 2.24) is 4.57 Å². The molecule has 1 N–H and O–H groups in total. The number of aryl methyl sites for hydroxylation is 3. The summed E-state index contributed by atoms with van der Waals surface area (Å²) >= 11 is 0. The number of aromatic nitrogens is 1. The molecule has 5 heteroatoms. The Morgan fingerprint density at radius 2 is 1.80 bits per heavy atom. The molecule has 3 rings (SSSR count). The van der Waals surface area contributed by atoms with Crippen LogP contribution in [0.5, 0.6) is 0 Å². The summed E-state index contributed by atoms with van der Waals surface area (Å²) in [4.78, 5) is 12.8. The fourth-order valence-electron chi connectivity index (χ4n) is 3.20. The third-order valence-corrected chi connectivity index (χ3v) is 4.52. The lowest BCUT2D eigenvalue weighted by Gasteiger charge is -2.11. The lowest BCUT2D eigenvalue weighted by molar-refractivity contribution is 0.101. The third-order valence-electron chi connectivity index (χ3n) is 4.52. The largest absolute Gasteiger partial charge is 0.337 e.